The summed E-state index contributed by atoms with van der Waals surface area (Å²) in [5.74, 6) is 0.103. The average Bonchev–Trinajstić information content (AvgIpc) is 3.29. The average molecular weight is 548 g/mol. The van der Waals surface area contributed by atoms with Crippen molar-refractivity contribution in [1.82, 2.24) is 10.3 Å². The molecule has 8 heteroatoms. The smallest absolute Gasteiger partial charge is 0.261 e. The van der Waals surface area contributed by atoms with E-state index in [-0.39, 0.29) is 11.0 Å². The monoisotopic (exact) mass is 547 g/mol. The van der Waals surface area contributed by atoms with Crippen molar-refractivity contribution in [3.05, 3.63) is 88.9 Å². The first-order chi connectivity index (χ1) is 16.5. The highest BCUT2D eigenvalue weighted by Crippen LogP contribution is 2.36. The second kappa shape index (κ2) is 9.50. The molecule has 0 atom stereocenters. The Hall–Kier alpha value is -3.33. The van der Waals surface area contributed by atoms with Gasteiger partial charge in [-0.05, 0) is 81.4 Å². The highest BCUT2D eigenvalue weighted by molar-refractivity contribution is 9.10. The summed E-state index contributed by atoms with van der Waals surface area (Å²) >= 11 is 10.6. The van der Waals surface area contributed by atoms with Crippen LogP contribution in [0.25, 0.3) is 31.6 Å². The molecule has 5 rings (SSSR count). The number of thiocarbonyl (C=S) groups is 1. The molecule has 0 fully saturated rings. The number of hydrogen-bond acceptors (Lipinski definition) is 5. The molecule has 0 aliphatic rings. The van der Waals surface area contributed by atoms with Gasteiger partial charge in [0.2, 0.25) is 0 Å². The van der Waals surface area contributed by atoms with Crippen LogP contribution >= 0.6 is 39.5 Å². The molecule has 0 bridgehead atoms. The molecular weight excluding hydrogens is 530 g/mol. The third kappa shape index (κ3) is 4.40. The summed E-state index contributed by atoms with van der Waals surface area (Å²) in [5.41, 5.74) is 3.17. The molecule has 0 saturated heterocycles. The van der Waals surface area contributed by atoms with E-state index in [9.17, 15) is 4.79 Å². The third-order valence-corrected chi connectivity index (χ3v) is 7.38. The number of methoxy groups -OCH3 is 1. The highest BCUT2D eigenvalue weighted by atomic mass is 79.9. The van der Waals surface area contributed by atoms with Gasteiger partial charge >= 0.3 is 0 Å². The van der Waals surface area contributed by atoms with Gasteiger partial charge in [0.15, 0.2) is 5.11 Å². The number of nitrogens with one attached hydrogen (secondary N) is 2. The molecule has 2 N–H and O–H groups in total. The first-order valence-corrected chi connectivity index (χ1v) is 12.4. The Kier molecular flexibility index (Phi) is 6.28. The molecule has 34 heavy (non-hydrogen) atoms. The topological polar surface area (TPSA) is 63.2 Å². The second-order valence-corrected chi connectivity index (χ2v) is 9.70. The molecule has 0 radical (unpaired) electrons. The molecule has 0 unspecified atom stereocenters. The standard InChI is InChI=1S/C26H18BrN3O2S2/c1-32-23-19(14-16-6-2-3-7-18(16)22(23)27)24(31)30-26(33)28-17-12-10-15(11-13-17)25-29-20-8-4-5-9-21(20)34-25/h2-14H,1H3,(H2,28,30,31,33). The summed E-state index contributed by atoms with van der Waals surface area (Å²) in [5, 5.41) is 8.85. The number of carbonyl (C=O) groups is 1. The van der Waals surface area contributed by atoms with Gasteiger partial charge in [-0.25, -0.2) is 4.98 Å². The van der Waals surface area contributed by atoms with Gasteiger partial charge in [-0.3, -0.25) is 10.1 Å². The lowest BCUT2D eigenvalue weighted by atomic mass is 10.1. The molecule has 1 aromatic heterocycles. The zero-order valence-electron chi connectivity index (χ0n) is 18.0. The van der Waals surface area contributed by atoms with Crippen LogP contribution in [0, 0.1) is 0 Å². The van der Waals surface area contributed by atoms with Gasteiger partial charge in [0.1, 0.15) is 10.8 Å². The number of ether oxygens (including phenoxy) is 1. The quantitative estimate of drug-likeness (QED) is 0.237. The zero-order valence-corrected chi connectivity index (χ0v) is 21.2. The Morgan fingerprint density at radius 1 is 1.03 bits per heavy atom. The van der Waals surface area contributed by atoms with E-state index >= 15 is 0 Å². The van der Waals surface area contributed by atoms with E-state index in [0.29, 0.717) is 11.3 Å². The molecule has 1 heterocycles. The molecule has 5 nitrogen and oxygen atoms in total. The molecule has 0 saturated carbocycles. The summed E-state index contributed by atoms with van der Waals surface area (Å²) in [4.78, 5) is 17.7. The van der Waals surface area contributed by atoms with Crippen LogP contribution in [0.1, 0.15) is 10.4 Å². The van der Waals surface area contributed by atoms with Gasteiger partial charge in [-0.1, -0.05) is 36.4 Å². The first kappa shape index (κ1) is 22.5. The van der Waals surface area contributed by atoms with Crippen molar-refractivity contribution < 1.29 is 9.53 Å². The predicted octanol–water partition coefficient (Wildman–Crippen LogP) is 7.01. The van der Waals surface area contributed by atoms with Crippen molar-refractivity contribution >= 4 is 77.2 Å². The van der Waals surface area contributed by atoms with Crippen molar-refractivity contribution in [3.63, 3.8) is 0 Å². The minimum Gasteiger partial charge on any atom is -0.495 e. The number of thiazole rings is 1. The lowest BCUT2D eigenvalue weighted by molar-refractivity contribution is 0.0975. The van der Waals surface area contributed by atoms with E-state index in [1.165, 1.54) is 7.11 Å². The number of carbonyl (C=O) groups excluding carboxylic acids is 1. The Labute approximate surface area is 213 Å². The van der Waals surface area contributed by atoms with Crippen LogP contribution in [0.5, 0.6) is 5.75 Å². The number of fused-ring (bicyclic) bond motifs is 2. The molecular formula is C26H18BrN3O2S2. The fourth-order valence-electron chi connectivity index (χ4n) is 3.68. The highest BCUT2D eigenvalue weighted by Gasteiger charge is 2.19. The lowest BCUT2D eigenvalue weighted by Gasteiger charge is -2.14. The van der Waals surface area contributed by atoms with Gasteiger partial charge in [0.05, 0.1) is 27.4 Å². The number of halogens is 1. The van der Waals surface area contributed by atoms with Crippen molar-refractivity contribution in [2.45, 2.75) is 0 Å². The zero-order chi connectivity index (χ0) is 23.7. The summed E-state index contributed by atoms with van der Waals surface area (Å²) in [7, 11) is 1.54. The Balaban J connectivity index is 1.31. The van der Waals surface area contributed by atoms with Gasteiger partial charge in [0, 0.05) is 11.3 Å². The van der Waals surface area contributed by atoms with E-state index in [4.69, 9.17) is 21.9 Å². The Morgan fingerprint density at radius 2 is 1.76 bits per heavy atom. The van der Waals surface area contributed by atoms with Crippen LogP contribution in [-0.4, -0.2) is 23.1 Å². The molecule has 5 aromatic rings. The number of benzene rings is 4. The second-order valence-electron chi connectivity index (χ2n) is 7.46. The minimum atomic E-state index is -0.355. The number of nitrogens with zero attached hydrogens (tertiary/aromatic N) is 1. The maximum Gasteiger partial charge on any atom is 0.261 e. The maximum atomic E-state index is 13.0. The van der Waals surface area contributed by atoms with Crippen LogP contribution in [0.15, 0.2) is 83.3 Å². The fraction of sp³-hybridized carbons (Fsp3) is 0.0385. The van der Waals surface area contributed by atoms with E-state index in [2.05, 4.69) is 32.6 Å². The van der Waals surface area contributed by atoms with Crippen LogP contribution < -0.4 is 15.4 Å². The normalized spacial score (nSPS) is 10.9. The van der Waals surface area contributed by atoms with Crippen LogP contribution in [-0.2, 0) is 0 Å². The van der Waals surface area contributed by atoms with Gasteiger partial charge in [-0.2, -0.15) is 0 Å². The first-order valence-electron chi connectivity index (χ1n) is 10.4. The number of amides is 1. The molecule has 0 aliphatic heterocycles. The van der Waals surface area contributed by atoms with E-state index in [1.807, 2.05) is 66.7 Å². The van der Waals surface area contributed by atoms with Crippen LogP contribution in [0.3, 0.4) is 0 Å². The summed E-state index contributed by atoms with van der Waals surface area (Å²) in [6, 6.07) is 25.4. The fourth-order valence-corrected chi connectivity index (χ4v) is 5.60. The van der Waals surface area contributed by atoms with Crippen LogP contribution in [0.2, 0.25) is 0 Å². The van der Waals surface area contributed by atoms with E-state index in [1.54, 1.807) is 17.4 Å². The summed E-state index contributed by atoms with van der Waals surface area (Å²) in [6.07, 6.45) is 0. The van der Waals surface area contributed by atoms with E-state index in [0.717, 1.165) is 41.7 Å². The summed E-state index contributed by atoms with van der Waals surface area (Å²) < 4.78 is 7.38. The minimum absolute atomic E-state index is 0.198. The van der Waals surface area contributed by atoms with Crippen LogP contribution in [0.4, 0.5) is 5.69 Å². The van der Waals surface area contributed by atoms with Crippen molar-refractivity contribution in [2.75, 3.05) is 12.4 Å². The predicted molar refractivity (Wildman–Crippen MR) is 147 cm³/mol. The number of anilines is 1. The van der Waals surface area contributed by atoms with Gasteiger partial charge in [0.25, 0.3) is 5.91 Å². The number of rotatable bonds is 4. The molecule has 168 valence electrons. The van der Waals surface area contributed by atoms with Gasteiger partial charge in [-0.15, -0.1) is 11.3 Å². The van der Waals surface area contributed by atoms with Crippen molar-refractivity contribution in [2.24, 2.45) is 0 Å². The molecule has 0 spiro atoms. The number of aromatic nitrogens is 1. The Morgan fingerprint density at radius 3 is 2.53 bits per heavy atom. The molecule has 1 amide bonds. The SMILES string of the molecule is COc1c(C(=O)NC(=S)Nc2ccc(-c3nc4ccccc4s3)cc2)cc2ccccc2c1Br. The number of para-hydroxylation sites is 1. The van der Waals surface area contributed by atoms with Gasteiger partial charge < -0.3 is 10.1 Å². The molecule has 4 aromatic carbocycles. The van der Waals surface area contributed by atoms with Crippen molar-refractivity contribution in [3.8, 4) is 16.3 Å². The maximum absolute atomic E-state index is 13.0. The molecule has 0 aliphatic carbocycles. The third-order valence-electron chi connectivity index (χ3n) is 5.30. The Bertz CT molecular complexity index is 1510. The van der Waals surface area contributed by atoms with E-state index < -0.39 is 0 Å². The summed E-state index contributed by atoms with van der Waals surface area (Å²) in [6.45, 7) is 0. The lowest BCUT2D eigenvalue weighted by Crippen LogP contribution is -2.34. The van der Waals surface area contributed by atoms with Crippen molar-refractivity contribution in [1.29, 1.82) is 0 Å². The number of hydrogen-bond donors (Lipinski definition) is 2. The largest absolute Gasteiger partial charge is 0.495 e.